The van der Waals surface area contributed by atoms with Gasteiger partial charge in [0, 0.05) is 13.0 Å². The number of fused-ring (bicyclic) bond motifs is 2. The number of rotatable bonds is 3. The molecule has 0 spiro atoms. The highest BCUT2D eigenvalue weighted by Crippen LogP contribution is 2.29. The van der Waals surface area contributed by atoms with Gasteiger partial charge in [0.05, 0.1) is 5.39 Å². The van der Waals surface area contributed by atoms with Crippen molar-refractivity contribution in [1.82, 2.24) is 14.9 Å². The Bertz CT molecular complexity index is 929. The number of carbonyl (C=O) groups is 3. The molecule has 2 aromatic heterocycles. The molecule has 0 atom stereocenters. The molecule has 3 rings (SSSR count). The second-order valence-electron chi connectivity index (χ2n) is 5.31. The quantitative estimate of drug-likeness (QED) is 0.752. The summed E-state index contributed by atoms with van der Waals surface area (Å²) < 4.78 is 6.48. The van der Waals surface area contributed by atoms with Crippen molar-refractivity contribution < 1.29 is 19.1 Å². The Kier molecular flexibility index (Phi) is 4.06. The van der Waals surface area contributed by atoms with Crippen LogP contribution >= 0.6 is 11.3 Å². The number of aryl methyl sites for hydroxylation is 2. The van der Waals surface area contributed by atoms with Crippen molar-refractivity contribution in [1.29, 1.82) is 0 Å². The standard InChI is InChI=1S/C14H14N4O5S/c1-6-9-11(16-7-3-2-4-18(7)12(9)20)24-10(6)13(21)23-5-8(19)17-14(15)22/h2-5H2,1H3,(H3,15,17,19,22). The van der Waals surface area contributed by atoms with E-state index in [9.17, 15) is 19.2 Å². The molecule has 0 saturated heterocycles. The summed E-state index contributed by atoms with van der Waals surface area (Å²) in [7, 11) is 0. The molecule has 2 aromatic rings. The normalized spacial score (nSPS) is 12.9. The van der Waals surface area contributed by atoms with Gasteiger partial charge in [-0.15, -0.1) is 11.3 Å². The van der Waals surface area contributed by atoms with Gasteiger partial charge in [-0.05, 0) is 18.9 Å². The summed E-state index contributed by atoms with van der Waals surface area (Å²) in [6.45, 7) is 1.63. The first kappa shape index (κ1) is 16.1. The van der Waals surface area contributed by atoms with E-state index in [1.807, 2.05) is 0 Å². The van der Waals surface area contributed by atoms with E-state index in [-0.39, 0.29) is 10.4 Å². The molecule has 0 bridgehead atoms. The van der Waals surface area contributed by atoms with Gasteiger partial charge < -0.3 is 10.5 Å². The molecule has 3 amide bonds. The number of nitrogens with two attached hydrogens (primary N) is 1. The first-order valence-electron chi connectivity index (χ1n) is 7.17. The zero-order chi connectivity index (χ0) is 17.4. The van der Waals surface area contributed by atoms with Crippen LogP contribution in [-0.2, 0) is 22.5 Å². The molecular weight excluding hydrogens is 336 g/mol. The molecular formula is C14H14N4O5S. The van der Waals surface area contributed by atoms with Gasteiger partial charge in [0.15, 0.2) is 6.61 Å². The van der Waals surface area contributed by atoms with E-state index in [4.69, 9.17) is 10.5 Å². The Hall–Kier alpha value is -2.75. The van der Waals surface area contributed by atoms with Crippen molar-refractivity contribution in [2.24, 2.45) is 5.73 Å². The Labute approximate surface area is 139 Å². The number of thiophene rings is 1. The highest BCUT2D eigenvalue weighted by molar-refractivity contribution is 7.20. The number of nitrogens with zero attached hydrogens (tertiary/aromatic N) is 2. The fraction of sp³-hybridized carbons (Fsp3) is 0.357. The lowest BCUT2D eigenvalue weighted by Gasteiger charge is -2.03. The first-order chi connectivity index (χ1) is 11.4. The van der Waals surface area contributed by atoms with Crippen LogP contribution in [0.1, 0.15) is 27.5 Å². The van der Waals surface area contributed by atoms with Crippen LogP contribution in [0, 0.1) is 6.92 Å². The Morgan fingerprint density at radius 3 is 2.88 bits per heavy atom. The number of hydrogen-bond acceptors (Lipinski definition) is 7. The second-order valence-corrected chi connectivity index (χ2v) is 6.31. The van der Waals surface area contributed by atoms with E-state index >= 15 is 0 Å². The molecule has 126 valence electrons. The summed E-state index contributed by atoms with van der Waals surface area (Å²) in [5.41, 5.74) is 5.12. The van der Waals surface area contributed by atoms with Crippen molar-refractivity contribution in [2.45, 2.75) is 26.3 Å². The summed E-state index contributed by atoms with van der Waals surface area (Å²) in [5, 5.41) is 2.19. The number of hydrogen-bond donors (Lipinski definition) is 2. The third-order valence-corrected chi connectivity index (χ3v) is 4.86. The molecule has 0 unspecified atom stereocenters. The van der Waals surface area contributed by atoms with Crippen molar-refractivity contribution in [3.63, 3.8) is 0 Å². The molecule has 0 aromatic carbocycles. The Morgan fingerprint density at radius 2 is 2.17 bits per heavy atom. The van der Waals surface area contributed by atoms with Gasteiger partial charge in [-0.1, -0.05) is 0 Å². The number of carbonyl (C=O) groups excluding carboxylic acids is 3. The van der Waals surface area contributed by atoms with Crippen LogP contribution in [0.25, 0.3) is 10.2 Å². The van der Waals surface area contributed by atoms with Gasteiger partial charge in [0.25, 0.3) is 11.5 Å². The van der Waals surface area contributed by atoms with Crippen LogP contribution < -0.4 is 16.6 Å². The van der Waals surface area contributed by atoms with E-state index in [2.05, 4.69) is 4.98 Å². The number of amides is 3. The maximum Gasteiger partial charge on any atom is 0.349 e. The minimum absolute atomic E-state index is 0.160. The third-order valence-electron chi connectivity index (χ3n) is 3.69. The van der Waals surface area contributed by atoms with Crippen molar-refractivity contribution in [3.05, 3.63) is 26.6 Å². The average molecular weight is 350 g/mol. The zero-order valence-corrected chi connectivity index (χ0v) is 13.6. The molecule has 0 saturated carbocycles. The lowest BCUT2D eigenvalue weighted by molar-refractivity contribution is -0.123. The third kappa shape index (κ3) is 2.75. The topological polar surface area (TPSA) is 133 Å². The monoisotopic (exact) mass is 350 g/mol. The summed E-state index contributed by atoms with van der Waals surface area (Å²) in [6.07, 6.45) is 1.61. The van der Waals surface area contributed by atoms with Crippen molar-refractivity contribution in [3.8, 4) is 0 Å². The average Bonchev–Trinajstić information content (AvgIpc) is 3.09. The van der Waals surface area contributed by atoms with Gasteiger partial charge in [-0.2, -0.15) is 0 Å². The van der Waals surface area contributed by atoms with Crippen LogP contribution in [0.2, 0.25) is 0 Å². The summed E-state index contributed by atoms with van der Waals surface area (Å²) >= 11 is 1.06. The molecule has 10 heteroatoms. The zero-order valence-electron chi connectivity index (χ0n) is 12.7. The molecule has 1 aliphatic heterocycles. The predicted molar refractivity (Wildman–Crippen MR) is 84.9 cm³/mol. The SMILES string of the molecule is Cc1c(C(=O)OCC(=O)NC(N)=O)sc2nc3n(c(=O)c12)CCC3. The molecule has 9 nitrogen and oxygen atoms in total. The van der Waals surface area contributed by atoms with Crippen LogP contribution in [0.3, 0.4) is 0 Å². The summed E-state index contributed by atoms with van der Waals surface area (Å²) in [4.78, 5) is 51.6. The smallest absolute Gasteiger partial charge is 0.349 e. The number of ether oxygens (including phenoxy) is 1. The van der Waals surface area contributed by atoms with Gasteiger partial charge in [-0.25, -0.2) is 14.6 Å². The van der Waals surface area contributed by atoms with Crippen LogP contribution in [0.4, 0.5) is 4.79 Å². The lowest BCUT2D eigenvalue weighted by Crippen LogP contribution is -2.37. The Morgan fingerprint density at radius 1 is 1.42 bits per heavy atom. The van der Waals surface area contributed by atoms with Gasteiger partial charge in [0.1, 0.15) is 15.5 Å². The van der Waals surface area contributed by atoms with E-state index in [0.717, 1.165) is 30.0 Å². The Balaban J connectivity index is 1.88. The van der Waals surface area contributed by atoms with E-state index in [1.165, 1.54) is 0 Å². The maximum atomic E-state index is 12.5. The maximum absolute atomic E-state index is 12.5. The molecule has 0 radical (unpaired) electrons. The van der Waals surface area contributed by atoms with Crippen molar-refractivity contribution >= 4 is 39.5 Å². The largest absolute Gasteiger partial charge is 0.451 e. The molecule has 3 heterocycles. The summed E-state index contributed by atoms with van der Waals surface area (Å²) in [6, 6.07) is -1.03. The fourth-order valence-corrected chi connectivity index (χ4v) is 3.72. The minimum Gasteiger partial charge on any atom is -0.451 e. The van der Waals surface area contributed by atoms with E-state index < -0.39 is 24.5 Å². The second kappa shape index (κ2) is 6.04. The number of esters is 1. The van der Waals surface area contributed by atoms with Crippen LogP contribution in [0.15, 0.2) is 4.79 Å². The van der Waals surface area contributed by atoms with Gasteiger partial charge in [-0.3, -0.25) is 19.5 Å². The predicted octanol–water partition coefficient (Wildman–Crippen LogP) is 0.0643. The fourth-order valence-electron chi connectivity index (χ4n) is 2.64. The molecule has 3 N–H and O–H groups in total. The molecule has 0 aliphatic carbocycles. The molecule has 1 aliphatic rings. The van der Waals surface area contributed by atoms with Gasteiger partial charge in [0.2, 0.25) is 0 Å². The number of imide groups is 1. The molecule has 24 heavy (non-hydrogen) atoms. The van der Waals surface area contributed by atoms with E-state index in [1.54, 1.807) is 16.8 Å². The van der Waals surface area contributed by atoms with Crippen LogP contribution in [0.5, 0.6) is 0 Å². The molecule has 0 fully saturated rings. The minimum atomic E-state index is -1.03. The highest BCUT2D eigenvalue weighted by atomic mass is 32.1. The number of urea groups is 1. The highest BCUT2D eigenvalue weighted by Gasteiger charge is 2.24. The lowest BCUT2D eigenvalue weighted by atomic mass is 10.2. The number of nitrogens with one attached hydrogen (secondary N) is 1. The van der Waals surface area contributed by atoms with E-state index in [0.29, 0.717) is 22.3 Å². The number of primary amides is 1. The van der Waals surface area contributed by atoms with Crippen LogP contribution in [-0.4, -0.2) is 34.1 Å². The van der Waals surface area contributed by atoms with Gasteiger partial charge >= 0.3 is 12.0 Å². The van der Waals surface area contributed by atoms with Crippen molar-refractivity contribution in [2.75, 3.05) is 6.61 Å². The first-order valence-corrected chi connectivity index (χ1v) is 7.99. The summed E-state index contributed by atoms with van der Waals surface area (Å²) in [5.74, 6) is -0.860. The number of aromatic nitrogens is 2.